The van der Waals surface area contributed by atoms with Crippen molar-refractivity contribution < 1.29 is 8.42 Å². The average Bonchev–Trinajstić information content (AvgIpc) is 2.62. The van der Waals surface area contributed by atoms with E-state index in [-0.39, 0.29) is 11.4 Å². The lowest BCUT2D eigenvalue weighted by Crippen LogP contribution is -2.24. The molecular weight excluding hydrogens is 322 g/mol. The molecule has 2 heterocycles. The van der Waals surface area contributed by atoms with Crippen LogP contribution >= 0.6 is 0 Å². The van der Waals surface area contributed by atoms with Gasteiger partial charge in [0.1, 0.15) is 0 Å². The van der Waals surface area contributed by atoms with Gasteiger partial charge in [-0.3, -0.25) is 4.98 Å². The topological polar surface area (TPSA) is 62.3 Å². The van der Waals surface area contributed by atoms with Gasteiger partial charge in [-0.15, -0.1) is 0 Å². The molecule has 0 unspecified atom stereocenters. The summed E-state index contributed by atoms with van der Waals surface area (Å²) in [5, 5.41) is 0. The fraction of sp³-hybridized carbons (Fsp3) is 0.278. The minimum Gasteiger partial charge on any atom is -0.302 e. The summed E-state index contributed by atoms with van der Waals surface area (Å²) in [4.78, 5) is 6.46. The van der Waals surface area contributed by atoms with E-state index in [0.717, 1.165) is 30.6 Å². The molecule has 0 bridgehead atoms. The van der Waals surface area contributed by atoms with Crippen molar-refractivity contribution in [3.63, 3.8) is 0 Å². The summed E-state index contributed by atoms with van der Waals surface area (Å²) in [6.07, 6.45) is 6.49. The van der Waals surface area contributed by atoms with Crippen LogP contribution in [0.2, 0.25) is 0 Å². The van der Waals surface area contributed by atoms with E-state index in [1.807, 2.05) is 12.1 Å². The van der Waals surface area contributed by atoms with Crippen molar-refractivity contribution in [3.05, 3.63) is 66.0 Å². The summed E-state index contributed by atoms with van der Waals surface area (Å²) >= 11 is 0. The first-order valence-electron chi connectivity index (χ1n) is 7.91. The molecule has 0 radical (unpaired) electrons. The first-order chi connectivity index (χ1) is 11.5. The molecule has 0 fully saturated rings. The monoisotopic (exact) mass is 343 g/mol. The maximum atomic E-state index is 12.4. The van der Waals surface area contributed by atoms with Gasteiger partial charge in [-0.25, -0.2) is 13.1 Å². The number of nitrogens with one attached hydrogen (secondary N) is 1. The largest absolute Gasteiger partial charge is 0.302 e. The van der Waals surface area contributed by atoms with Crippen LogP contribution in [0.15, 0.2) is 59.8 Å². The first-order valence-corrected chi connectivity index (χ1v) is 9.39. The summed E-state index contributed by atoms with van der Waals surface area (Å²) < 4.78 is 27.4. The first kappa shape index (κ1) is 16.8. The van der Waals surface area contributed by atoms with E-state index >= 15 is 0 Å². The Balaban J connectivity index is 1.70. The zero-order valence-electron chi connectivity index (χ0n) is 13.6. The molecule has 1 N–H and O–H groups in total. The number of sulfonamides is 1. The van der Waals surface area contributed by atoms with Crippen LogP contribution in [-0.2, 0) is 16.6 Å². The number of rotatable bonds is 5. The maximum absolute atomic E-state index is 12.4. The molecule has 1 aliphatic heterocycles. The van der Waals surface area contributed by atoms with Gasteiger partial charge in [0, 0.05) is 32.0 Å². The van der Waals surface area contributed by atoms with Gasteiger partial charge < -0.3 is 4.90 Å². The highest BCUT2D eigenvalue weighted by Crippen LogP contribution is 2.23. The highest BCUT2D eigenvalue weighted by molar-refractivity contribution is 7.89. The number of nitrogens with zero attached hydrogens (tertiary/aromatic N) is 2. The number of aromatic nitrogens is 1. The summed E-state index contributed by atoms with van der Waals surface area (Å²) in [6.45, 7) is 2.21. The number of hydrogen-bond donors (Lipinski definition) is 1. The third kappa shape index (κ3) is 4.08. The Morgan fingerprint density at radius 1 is 1.12 bits per heavy atom. The van der Waals surface area contributed by atoms with E-state index in [1.165, 1.54) is 5.57 Å². The molecule has 1 aromatic carbocycles. The average molecular weight is 343 g/mol. The summed E-state index contributed by atoms with van der Waals surface area (Å²) in [6, 6.07) is 10.7. The van der Waals surface area contributed by atoms with Crippen LogP contribution in [0.1, 0.15) is 17.5 Å². The van der Waals surface area contributed by atoms with Crippen molar-refractivity contribution in [2.75, 3.05) is 20.1 Å². The zero-order valence-corrected chi connectivity index (χ0v) is 14.5. The minimum atomic E-state index is -3.51. The van der Waals surface area contributed by atoms with E-state index in [1.54, 1.807) is 36.7 Å². The standard InChI is InChI=1S/C18H21N3O2S/c1-21-12-8-17(9-13-21)16-2-4-18(5-3-16)24(22,23)20-14-15-6-10-19-11-7-15/h2-8,10-11,20H,9,12-14H2,1H3. The molecule has 1 aliphatic rings. The molecule has 0 aliphatic carbocycles. The molecule has 1 aromatic heterocycles. The quantitative estimate of drug-likeness (QED) is 0.905. The second kappa shape index (κ2) is 7.25. The summed E-state index contributed by atoms with van der Waals surface area (Å²) in [7, 11) is -1.42. The third-order valence-corrected chi connectivity index (χ3v) is 5.58. The molecule has 0 atom stereocenters. The summed E-state index contributed by atoms with van der Waals surface area (Å²) in [5.74, 6) is 0. The van der Waals surface area contributed by atoms with Crippen molar-refractivity contribution in [3.8, 4) is 0 Å². The normalized spacial score (nSPS) is 16.0. The van der Waals surface area contributed by atoms with E-state index in [4.69, 9.17) is 0 Å². The number of pyridine rings is 1. The van der Waals surface area contributed by atoms with E-state index < -0.39 is 10.0 Å². The molecule has 2 aromatic rings. The summed E-state index contributed by atoms with van der Waals surface area (Å²) in [5.41, 5.74) is 3.25. The predicted molar refractivity (Wildman–Crippen MR) is 94.8 cm³/mol. The van der Waals surface area contributed by atoms with Gasteiger partial charge >= 0.3 is 0 Å². The molecular formula is C18H21N3O2S. The molecule has 0 amide bonds. The Kier molecular flexibility index (Phi) is 5.08. The molecule has 0 saturated carbocycles. The Bertz CT molecular complexity index is 815. The van der Waals surface area contributed by atoms with Crippen molar-refractivity contribution in [2.45, 2.75) is 17.9 Å². The van der Waals surface area contributed by atoms with Crippen LogP contribution in [0.5, 0.6) is 0 Å². The van der Waals surface area contributed by atoms with Crippen molar-refractivity contribution in [1.29, 1.82) is 0 Å². The van der Waals surface area contributed by atoms with Crippen molar-refractivity contribution in [1.82, 2.24) is 14.6 Å². The van der Waals surface area contributed by atoms with Gasteiger partial charge in [0.05, 0.1) is 4.90 Å². The Morgan fingerprint density at radius 2 is 1.83 bits per heavy atom. The van der Waals surface area contributed by atoms with E-state index in [9.17, 15) is 8.42 Å². The highest BCUT2D eigenvalue weighted by Gasteiger charge is 2.15. The Morgan fingerprint density at radius 3 is 2.46 bits per heavy atom. The Hall–Kier alpha value is -2.02. The second-order valence-electron chi connectivity index (χ2n) is 5.95. The molecule has 0 saturated heterocycles. The van der Waals surface area contributed by atoms with Gasteiger partial charge in [-0.1, -0.05) is 18.2 Å². The fourth-order valence-electron chi connectivity index (χ4n) is 2.64. The lowest BCUT2D eigenvalue weighted by molar-refractivity contribution is 0.370. The highest BCUT2D eigenvalue weighted by atomic mass is 32.2. The van der Waals surface area contributed by atoms with Gasteiger partial charge in [0.2, 0.25) is 10.0 Å². The predicted octanol–water partition coefficient (Wildman–Crippen LogP) is 2.28. The molecule has 24 heavy (non-hydrogen) atoms. The second-order valence-corrected chi connectivity index (χ2v) is 7.71. The van der Waals surface area contributed by atoms with E-state index in [0.29, 0.717) is 0 Å². The van der Waals surface area contributed by atoms with E-state index in [2.05, 4.69) is 27.7 Å². The van der Waals surface area contributed by atoms with Crippen molar-refractivity contribution in [2.24, 2.45) is 0 Å². The van der Waals surface area contributed by atoms with Crippen LogP contribution in [0.25, 0.3) is 5.57 Å². The van der Waals surface area contributed by atoms with Crippen LogP contribution in [-0.4, -0.2) is 38.4 Å². The molecule has 0 spiro atoms. The van der Waals surface area contributed by atoms with Crippen molar-refractivity contribution >= 4 is 15.6 Å². The minimum absolute atomic E-state index is 0.254. The molecule has 3 rings (SSSR count). The van der Waals surface area contributed by atoms with Gasteiger partial charge in [0.15, 0.2) is 0 Å². The van der Waals surface area contributed by atoms with Gasteiger partial charge in [0.25, 0.3) is 0 Å². The van der Waals surface area contributed by atoms with Crippen LogP contribution in [0, 0.1) is 0 Å². The third-order valence-electron chi connectivity index (χ3n) is 4.16. The SMILES string of the molecule is CN1CC=C(c2ccc(S(=O)(=O)NCc3ccncc3)cc2)CC1. The Labute approximate surface area is 143 Å². The van der Waals surface area contributed by atoms with Gasteiger partial charge in [-0.05, 0) is 54.4 Å². The number of likely N-dealkylation sites (N-methyl/N-ethyl adjacent to an activating group) is 1. The lowest BCUT2D eigenvalue weighted by Gasteiger charge is -2.22. The smallest absolute Gasteiger partial charge is 0.240 e. The van der Waals surface area contributed by atoms with Crippen LogP contribution in [0.4, 0.5) is 0 Å². The van der Waals surface area contributed by atoms with Crippen LogP contribution in [0.3, 0.4) is 0 Å². The van der Waals surface area contributed by atoms with Crippen LogP contribution < -0.4 is 4.72 Å². The maximum Gasteiger partial charge on any atom is 0.240 e. The lowest BCUT2D eigenvalue weighted by atomic mass is 10.00. The fourth-order valence-corrected chi connectivity index (χ4v) is 3.66. The zero-order chi connectivity index (χ0) is 17.0. The molecule has 126 valence electrons. The number of benzene rings is 1. The molecule has 6 heteroatoms. The molecule has 5 nitrogen and oxygen atoms in total. The van der Waals surface area contributed by atoms with Gasteiger partial charge in [-0.2, -0.15) is 0 Å². The number of hydrogen-bond acceptors (Lipinski definition) is 4.